The summed E-state index contributed by atoms with van der Waals surface area (Å²) in [6.45, 7) is 4.91. The first-order valence-electron chi connectivity index (χ1n) is 12.2. The number of aryl methyl sites for hydroxylation is 2. The van der Waals surface area contributed by atoms with E-state index in [9.17, 15) is 4.79 Å². The van der Waals surface area contributed by atoms with Crippen LogP contribution in [0, 0.1) is 12.8 Å². The maximum atomic E-state index is 12.3. The zero-order chi connectivity index (χ0) is 22.1. The van der Waals surface area contributed by atoms with Crippen LogP contribution in [0.4, 0.5) is 5.95 Å². The molecule has 1 saturated heterocycles. The van der Waals surface area contributed by atoms with E-state index < -0.39 is 0 Å². The second-order valence-corrected chi connectivity index (χ2v) is 9.57. The molecule has 1 aromatic heterocycles. The summed E-state index contributed by atoms with van der Waals surface area (Å²) in [5.74, 6) is 2.62. The van der Waals surface area contributed by atoms with Crippen molar-refractivity contribution in [1.82, 2.24) is 30.8 Å². The fourth-order valence-electron chi connectivity index (χ4n) is 5.57. The molecular weight excluding hydrogens is 402 g/mol. The van der Waals surface area contributed by atoms with Crippen LogP contribution >= 0.6 is 0 Å². The predicted octanol–water partition coefficient (Wildman–Crippen LogP) is 2.60. The van der Waals surface area contributed by atoms with E-state index in [0.29, 0.717) is 31.1 Å². The molecule has 8 heteroatoms. The van der Waals surface area contributed by atoms with E-state index in [4.69, 9.17) is 0 Å². The van der Waals surface area contributed by atoms with Gasteiger partial charge in [0.15, 0.2) is 0 Å². The molecule has 2 aliphatic heterocycles. The van der Waals surface area contributed by atoms with Gasteiger partial charge in [-0.05, 0) is 45.1 Å². The molecule has 8 nitrogen and oxygen atoms in total. The minimum Gasteiger partial charge on any atom is -0.356 e. The van der Waals surface area contributed by atoms with Gasteiger partial charge in [-0.2, -0.15) is 0 Å². The Balaban J connectivity index is 1.16. The van der Waals surface area contributed by atoms with Crippen molar-refractivity contribution in [3.05, 3.63) is 41.2 Å². The van der Waals surface area contributed by atoms with Gasteiger partial charge in [0.2, 0.25) is 11.9 Å². The first-order valence-corrected chi connectivity index (χ1v) is 12.2. The summed E-state index contributed by atoms with van der Waals surface area (Å²) in [5, 5.41) is 18.0. The van der Waals surface area contributed by atoms with Crippen molar-refractivity contribution < 1.29 is 4.79 Å². The number of anilines is 1. The van der Waals surface area contributed by atoms with Gasteiger partial charge < -0.3 is 5.32 Å². The molecule has 4 unspecified atom stereocenters. The van der Waals surface area contributed by atoms with Crippen molar-refractivity contribution in [1.29, 1.82) is 0 Å². The monoisotopic (exact) mass is 437 g/mol. The van der Waals surface area contributed by atoms with Gasteiger partial charge in [-0.1, -0.05) is 42.7 Å². The molecule has 172 valence electrons. The normalized spacial score (nSPS) is 26.4. The summed E-state index contributed by atoms with van der Waals surface area (Å²) in [4.78, 5) is 12.3. The highest BCUT2D eigenvalue weighted by Gasteiger charge is 2.47. The number of nitrogens with zero attached hydrogens (tertiary/aromatic N) is 4. The van der Waals surface area contributed by atoms with Gasteiger partial charge in [-0.3, -0.25) is 19.7 Å². The number of carbonyl (C=O) groups excluding carboxylic acids is 1. The zero-order valence-electron chi connectivity index (χ0n) is 19.2. The Morgan fingerprint density at radius 3 is 2.81 bits per heavy atom. The van der Waals surface area contributed by atoms with E-state index >= 15 is 0 Å². The molecule has 2 aromatic rings. The molecule has 0 radical (unpaired) electrons. The predicted molar refractivity (Wildman–Crippen MR) is 124 cm³/mol. The number of benzene rings is 1. The Hall–Kier alpha value is -2.45. The molecule has 3 N–H and O–H groups in total. The highest BCUT2D eigenvalue weighted by molar-refractivity contribution is 5.75. The fraction of sp³-hybridized carbons (Fsp3) is 0.625. The molecule has 1 aliphatic carbocycles. The van der Waals surface area contributed by atoms with E-state index in [1.807, 2.05) is 0 Å². The lowest BCUT2D eigenvalue weighted by Gasteiger charge is -2.44. The van der Waals surface area contributed by atoms with Gasteiger partial charge in [-0.25, -0.2) is 5.43 Å². The molecule has 5 rings (SSSR count). The number of carbonyl (C=O) groups is 1. The average Bonchev–Trinajstić information content (AvgIpc) is 3.39. The molecule has 1 amide bonds. The second kappa shape index (κ2) is 9.19. The summed E-state index contributed by atoms with van der Waals surface area (Å²) in [7, 11) is 0. The lowest BCUT2D eigenvalue weighted by molar-refractivity contribution is -0.121. The van der Waals surface area contributed by atoms with Gasteiger partial charge >= 0.3 is 0 Å². The number of fused-ring (bicyclic) bond motifs is 6. The molecule has 0 spiro atoms. The number of hydrogen-bond donors (Lipinski definition) is 3. The summed E-state index contributed by atoms with van der Waals surface area (Å²) in [6, 6.07) is 8.94. The van der Waals surface area contributed by atoms with Gasteiger partial charge in [0.1, 0.15) is 12.0 Å². The molecule has 1 aromatic carbocycles. The number of amides is 1. The maximum absolute atomic E-state index is 12.3. The maximum Gasteiger partial charge on any atom is 0.243 e. The minimum atomic E-state index is 0.116. The van der Waals surface area contributed by atoms with Crippen LogP contribution in [0.25, 0.3) is 0 Å². The molecule has 3 aliphatic rings. The van der Waals surface area contributed by atoms with E-state index in [1.165, 1.54) is 36.8 Å². The Kier molecular flexibility index (Phi) is 6.15. The van der Waals surface area contributed by atoms with E-state index in [2.05, 4.69) is 73.9 Å². The summed E-state index contributed by atoms with van der Waals surface area (Å²) >= 11 is 0. The van der Waals surface area contributed by atoms with Crippen LogP contribution in [0.1, 0.15) is 68.4 Å². The number of aromatic nitrogens is 3. The molecular formula is C24H35N7O. The molecule has 0 bridgehead atoms. The average molecular weight is 438 g/mol. The van der Waals surface area contributed by atoms with Crippen LogP contribution in [0.15, 0.2) is 24.3 Å². The van der Waals surface area contributed by atoms with Gasteiger partial charge in [0.05, 0.1) is 6.17 Å². The van der Waals surface area contributed by atoms with Gasteiger partial charge in [0.25, 0.3) is 0 Å². The SMILES string of the molecule is Cc1ccc(CCNC(=O)CCCc2nnc3n2C2CCCCC2C2NC(C)NN32)cc1. The van der Waals surface area contributed by atoms with Crippen LogP contribution in [0.5, 0.6) is 0 Å². The third-order valence-corrected chi connectivity index (χ3v) is 7.17. The minimum absolute atomic E-state index is 0.116. The Bertz CT molecular complexity index is 940. The molecule has 4 atom stereocenters. The molecule has 2 fully saturated rings. The van der Waals surface area contributed by atoms with Crippen molar-refractivity contribution in [2.75, 3.05) is 11.6 Å². The number of nitrogens with one attached hydrogen (secondary N) is 3. The summed E-state index contributed by atoms with van der Waals surface area (Å²) < 4.78 is 2.36. The van der Waals surface area contributed by atoms with Crippen molar-refractivity contribution in [3.63, 3.8) is 0 Å². The summed E-state index contributed by atoms with van der Waals surface area (Å²) in [6.07, 6.45) is 8.44. The first-order chi connectivity index (χ1) is 15.6. The zero-order valence-corrected chi connectivity index (χ0v) is 19.2. The Morgan fingerprint density at radius 2 is 1.97 bits per heavy atom. The van der Waals surface area contributed by atoms with Crippen molar-refractivity contribution in [3.8, 4) is 0 Å². The third-order valence-electron chi connectivity index (χ3n) is 7.17. The highest BCUT2D eigenvalue weighted by Crippen LogP contribution is 2.44. The largest absolute Gasteiger partial charge is 0.356 e. The van der Waals surface area contributed by atoms with Crippen LogP contribution in [-0.4, -0.2) is 39.5 Å². The van der Waals surface area contributed by atoms with Crippen molar-refractivity contribution in [2.24, 2.45) is 5.92 Å². The van der Waals surface area contributed by atoms with Gasteiger partial charge in [-0.15, -0.1) is 10.2 Å². The second-order valence-electron chi connectivity index (χ2n) is 9.57. The molecule has 32 heavy (non-hydrogen) atoms. The summed E-state index contributed by atoms with van der Waals surface area (Å²) in [5.41, 5.74) is 6.02. The number of rotatable bonds is 7. The highest BCUT2D eigenvalue weighted by atomic mass is 16.1. The van der Waals surface area contributed by atoms with E-state index in [1.54, 1.807) is 0 Å². The van der Waals surface area contributed by atoms with Crippen LogP contribution in [0.3, 0.4) is 0 Å². The fourth-order valence-corrected chi connectivity index (χ4v) is 5.57. The standard InChI is InChI=1S/C24H35N7O/c1-16-10-12-18(13-11-16)14-15-25-22(32)9-5-8-21-27-28-24-30(21)20-7-4-3-6-19(20)23-26-17(2)29-31(23)24/h10-13,17,19-20,23,26,29H,3-9,14-15H2,1-2H3,(H,25,32). The first kappa shape index (κ1) is 21.4. The Labute approximate surface area is 190 Å². The quantitative estimate of drug-likeness (QED) is 0.617. The molecule has 3 heterocycles. The smallest absolute Gasteiger partial charge is 0.243 e. The van der Waals surface area contributed by atoms with Crippen LogP contribution < -0.4 is 21.1 Å². The van der Waals surface area contributed by atoms with E-state index in [0.717, 1.165) is 31.0 Å². The Morgan fingerprint density at radius 1 is 1.16 bits per heavy atom. The van der Waals surface area contributed by atoms with E-state index in [-0.39, 0.29) is 12.1 Å². The third kappa shape index (κ3) is 4.26. The van der Waals surface area contributed by atoms with Crippen molar-refractivity contribution >= 4 is 11.9 Å². The lowest BCUT2D eigenvalue weighted by Crippen LogP contribution is -2.53. The lowest BCUT2D eigenvalue weighted by atomic mass is 9.81. The molecule has 1 saturated carbocycles. The van der Waals surface area contributed by atoms with Crippen LogP contribution in [-0.2, 0) is 17.6 Å². The number of hydrogen-bond acceptors (Lipinski definition) is 6. The topological polar surface area (TPSA) is 87.1 Å². The van der Waals surface area contributed by atoms with Crippen LogP contribution in [0.2, 0.25) is 0 Å². The van der Waals surface area contributed by atoms with Crippen molar-refractivity contribution in [2.45, 2.75) is 83.6 Å². The number of hydrazine groups is 1. The van der Waals surface area contributed by atoms with Gasteiger partial charge in [0, 0.05) is 31.3 Å².